The van der Waals surface area contributed by atoms with Gasteiger partial charge in [0.05, 0.1) is 16.8 Å². The van der Waals surface area contributed by atoms with Crippen LogP contribution in [0.1, 0.15) is 18.9 Å². The molecule has 0 spiro atoms. The number of halogens is 1. The molecule has 2 N–H and O–H groups in total. The molecule has 0 saturated heterocycles. The van der Waals surface area contributed by atoms with E-state index >= 15 is 0 Å². The summed E-state index contributed by atoms with van der Waals surface area (Å²) in [5.41, 5.74) is 1.52. The minimum absolute atomic E-state index is 0.233. The molecule has 100 valence electrons. The molecule has 0 heterocycles. The number of aliphatic hydroxyl groups is 1. The molecule has 1 atom stereocenters. The lowest BCUT2D eigenvalue weighted by molar-refractivity contribution is 0.167. The van der Waals surface area contributed by atoms with Gasteiger partial charge >= 0.3 is 6.03 Å². The quantitative estimate of drug-likeness (QED) is 0.884. The molecule has 2 amide bonds. The normalized spacial score (nSPS) is 12.1. The zero-order valence-corrected chi connectivity index (χ0v) is 11.7. The van der Waals surface area contributed by atoms with Crippen molar-refractivity contribution in [3.05, 3.63) is 28.8 Å². The number of hydrogen-bond donors (Lipinski definition) is 2. The molecular weight excluding hydrogens is 252 g/mol. The number of aliphatic hydroxyl groups excluding tert-OH is 1. The van der Waals surface area contributed by atoms with E-state index in [0.717, 1.165) is 5.56 Å². The largest absolute Gasteiger partial charge is 0.393 e. The summed E-state index contributed by atoms with van der Waals surface area (Å²) in [5.74, 6) is 0. The van der Waals surface area contributed by atoms with Crippen LogP contribution in [0.5, 0.6) is 0 Å². The molecule has 0 fully saturated rings. The van der Waals surface area contributed by atoms with Crippen molar-refractivity contribution in [2.75, 3.05) is 18.9 Å². The van der Waals surface area contributed by atoms with Gasteiger partial charge in [-0.1, -0.05) is 23.7 Å². The average Bonchev–Trinajstić information content (AvgIpc) is 2.31. The number of nitrogens with zero attached hydrogens (tertiary/aromatic N) is 1. The third-order valence-corrected chi connectivity index (χ3v) is 3.16. The van der Waals surface area contributed by atoms with Gasteiger partial charge in [-0.15, -0.1) is 0 Å². The first-order chi connectivity index (χ1) is 8.41. The fraction of sp³-hybridized carbons (Fsp3) is 0.462. The van der Waals surface area contributed by atoms with Crippen molar-refractivity contribution in [1.82, 2.24) is 4.90 Å². The lowest BCUT2D eigenvalue weighted by Gasteiger charge is -2.19. The molecule has 0 aromatic heterocycles. The predicted octanol–water partition coefficient (Wildman–Crippen LogP) is 2.88. The molecular formula is C13H19ClN2O2. The Balaban J connectivity index is 2.61. The summed E-state index contributed by atoms with van der Waals surface area (Å²) < 4.78 is 0. The van der Waals surface area contributed by atoms with Gasteiger partial charge in [-0.25, -0.2) is 4.79 Å². The Bertz CT molecular complexity index is 421. The van der Waals surface area contributed by atoms with Gasteiger partial charge in [-0.05, 0) is 31.9 Å². The van der Waals surface area contributed by atoms with Crippen molar-refractivity contribution in [3.63, 3.8) is 0 Å². The molecule has 18 heavy (non-hydrogen) atoms. The van der Waals surface area contributed by atoms with Crippen molar-refractivity contribution >= 4 is 23.3 Å². The van der Waals surface area contributed by atoms with E-state index in [4.69, 9.17) is 11.6 Å². The molecule has 0 aliphatic carbocycles. The van der Waals surface area contributed by atoms with E-state index in [1.54, 1.807) is 20.0 Å². The molecule has 1 unspecified atom stereocenters. The van der Waals surface area contributed by atoms with Gasteiger partial charge in [0.15, 0.2) is 0 Å². The zero-order chi connectivity index (χ0) is 13.7. The van der Waals surface area contributed by atoms with Crippen molar-refractivity contribution in [2.45, 2.75) is 26.4 Å². The Labute approximate surface area is 113 Å². The monoisotopic (exact) mass is 270 g/mol. The Hall–Kier alpha value is -1.26. The Morgan fingerprint density at radius 2 is 2.22 bits per heavy atom. The first-order valence-corrected chi connectivity index (χ1v) is 6.25. The molecule has 1 aromatic carbocycles. The van der Waals surface area contributed by atoms with Crippen LogP contribution in [0, 0.1) is 6.92 Å². The number of rotatable bonds is 4. The van der Waals surface area contributed by atoms with E-state index < -0.39 is 6.10 Å². The predicted molar refractivity (Wildman–Crippen MR) is 74.1 cm³/mol. The summed E-state index contributed by atoms with van der Waals surface area (Å²) in [7, 11) is 1.68. The van der Waals surface area contributed by atoms with Crippen molar-refractivity contribution in [2.24, 2.45) is 0 Å². The first kappa shape index (κ1) is 14.8. The lowest BCUT2D eigenvalue weighted by Crippen LogP contribution is -2.33. The molecule has 1 rings (SSSR count). The van der Waals surface area contributed by atoms with Gasteiger partial charge in [0.2, 0.25) is 0 Å². The molecule has 0 aliphatic heterocycles. The highest BCUT2D eigenvalue weighted by atomic mass is 35.5. The van der Waals surface area contributed by atoms with E-state index in [2.05, 4.69) is 5.32 Å². The maximum atomic E-state index is 11.9. The summed E-state index contributed by atoms with van der Waals surface area (Å²) in [4.78, 5) is 13.4. The number of nitrogens with one attached hydrogen (secondary N) is 1. The second-order valence-electron chi connectivity index (χ2n) is 4.43. The number of carbonyl (C=O) groups excluding carboxylic acids is 1. The van der Waals surface area contributed by atoms with Crippen LogP contribution in [-0.2, 0) is 0 Å². The third-order valence-electron chi connectivity index (χ3n) is 2.66. The summed E-state index contributed by atoms with van der Waals surface area (Å²) in [6.07, 6.45) is 0.133. The van der Waals surface area contributed by atoms with Crippen LogP contribution in [0.2, 0.25) is 5.02 Å². The van der Waals surface area contributed by atoms with E-state index in [9.17, 15) is 9.90 Å². The van der Waals surface area contributed by atoms with Crippen molar-refractivity contribution in [1.29, 1.82) is 0 Å². The topological polar surface area (TPSA) is 52.6 Å². The number of amides is 2. The molecule has 5 heteroatoms. The average molecular weight is 271 g/mol. The lowest BCUT2D eigenvalue weighted by atomic mass is 10.2. The summed E-state index contributed by atoms with van der Waals surface area (Å²) in [6.45, 7) is 4.07. The second-order valence-corrected chi connectivity index (χ2v) is 4.80. The fourth-order valence-corrected chi connectivity index (χ4v) is 1.61. The minimum Gasteiger partial charge on any atom is -0.393 e. The van der Waals surface area contributed by atoms with E-state index in [1.165, 1.54) is 4.90 Å². The highest BCUT2D eigenvalue weighted by Crippen LogP contribution is 2.25. The van der Waals surface area contributed by atoms with Crippen molar-refractivity contribution in [3.8, 4) is 0 Å². The molecule has 0 bridgehead atoms. The second kappa shape index (κ2) is 6.61. The van der Waals surface area contributed by atoms with E-state index in [1.807, 2.05) is 19.1 Å². The number of hydrogen-bond acceptors (Lipinski definition) is 2. The van der Waals surface area contributed by atoms with Crippen LogP contribution in [0.25, 0.3) is 0 Å². The zero-order valence-electron chi connectivity index (χ0n) is 10.9. The summed E-state index contributed by atoms with van der Waals surface area (Å²) in [6, 6.07) is 5.25. The minimum atomic E-state index is -0.414. The molecule has 0 saturated carbocycles. The van der Waals surface area contributed by atoms with Crippen LogP contribution >= 0.6 is 11.6 Å². The number of urea groups is 1. The third kappa shape index (κ3) is 4.20. The number of aryl methyl sites for hydroxylation is 1. The van der Waals surface area contributed by atoms with Crippen LogP contribution < -0.4 is 5.32 Å². The maximum absolute atomic E-state index is 11.9. The molecule has 0 radical (unpaired) electrons. The summed E-state index contributed by atoms with van der Waals surface area (Å²) in [5, 5.41) is 12.5. The van der Waals surface area contributed by atoms with Gasteiger partial charge in [0.25, 0.3) is 0 Å². The van der Waals surface area contributed by atoms with Crippen LogP contribution in [0.3, 0.4) is 0 Å². The SMILES string of the molecule is Cc1cccc(NC(=O)N(C)CCC(C)O)c1Cl. The van der Waals surface area contributed by atoms with Crippen LogP contribution in [0.4, 0.5) is 10.5 Å². The van der Waals surface area contributed by atoms with E-state index in [0.29, 0.717) is 23.7 Å². The molecule has 4 nitrogen and oxygen atoms in total. The van der Waals surface area contributed by atoms with Gasteiger partial charge in [-0.3, -0.25) is 0 Å². The highest BCUT2D eigenvalue weighted by molar-refractivity contribution is 6.34. The maximum Gasteiger partial charge on any atom is 0.321 e. The Morgan fingerprint density at radius 1 is 1.56 bits per heavy atom. The van der Waals surface area contributed by atoms with Gasteiger partial charge < -0.3 is 15.3 Å². The Morgan fingerprint density at radius 3 is 2.83 bits per heavy atom. The first-order valence-electron chi connectivity index (χ1n) is 5.87. The smallest absolute Gasteiger partial charge is 0.321 e. The van der Waals surface area contributed by atoms with Gasteiger partial charge in [0, 0.05) is 13.6 Å². The van der Waals surface area contributed by atoms with Gasteiger partial charge in [0.1, 0.15) is 0 Å². The van der Waals surface area contributed by atoms with E-state index in [-0.39, 0.29) is 6.03 Å². The number of anilines is 1. The standard InChI is InChI=1S/C13H19ClN2O2/c1-9-5-4-6-11(12(9)14)15-13(18)16(3)8-7-10(2)17/h4-6,10,17H,7-8H2,1-3H3,(H,15,18). The van der Waals surface area contributed by atoms with Crippen LogP contribution in [-0.4, -0.2) is 35.7 Å². The Kier molecular flexibility index (Phi) is 5.44. The number of carbonyl (C=O) groups is 1. The van der Waals surface area contributed by atoms with Gasteiger partial charge in [-0.2, -0.15) is 0 Å². The molecule has 1 aromatic rings. The summed E-state index contributed by atoms with van der Waals surface area (Å²) >= 11 is 6.10. The van der Waals surface area contributed by atoms with Crippen molar-refractivity contribution < 1.29 is 9.90 Å². The number of benzene rings is 1. The van der Waals surface area contributed by atoms with Crippen LogP contribution in [0.15, 0.2) is 18.2 Å². The molecule has 0 aliphatic rings. The highest BCUT2D eigenvalue weighted by Gasteiger charge is 2.11. The fourth-order valence-electron chi connectivity index (χ4n) is 1.44.